The van der Waals surface area contributed by atoms with E-state index in [1.165, 1.54) is 51.4 Å². The van der Waals surface area contributed by atoms with Crippen LogP contribution in [-0.4, -0.2) is 5.88 Å². The van der Waals surface area contributed by atoms with Crippen molar-refractivity contribution >= 4 is 11.6 Å². The van der Waals surface area contributed by atoms with Gasteiger partial charge in [0.25, 0.3) is 0 Å². The molecule has 2 rings (SSSR count). The average molecular weight is 257 g/mol. The summed E-state index contributed by atoms with van der Waals surface area (Å²) < 4.78 is 0. The van der Waals surface area contributed by atoms with Crippen molar-refractivity contribution in [2.75, 3.05) is 5.88 Å². The summed E-state index contributed by atoms with van der Waals surface area (Å²) in [5, 5.41) is 0. The molecule has 0 aromatic heterocycles. The summed E-state index contributed by atoms with van der Waals surface area (Å²) in [6, 6.07) is 0. The van der Waals surface area contributed by atoms with E-state index in [1.54, 1.807) is 6.42 Å². The standard InChI is InChI=1S/C16H29Cl/c1-3-5-8-16(4-2,12-17)11-15-10-13-6-7-14(15)9-13/h13-15H,3-12H2,1-2H3. The Bertz CT molecular complexity index is 232. The first-order chi connectivity index (χ1) is 8.23. The zero-order valence-electron chi connectivity index (χ0n) is 11.7. The first-order valence-corrected chi connectivity index (χ1v) is 8.32. The van der Waals surface area contributed by atoms with E-state index in [0.29, 0.717) is 5.41 Å². The Hall–Kier alpha value is 0.290. The molecule has 0 amide bonds. The van der Waals surface area contributed by atoms with E-state index in [2.05, 4.69) is 13.8 Å². The number of rotatable bonds is 7. The first-order valence-electron chi connectivity index (χ1n) is 7.79. The molecule has 0 nitrogen and oxygen atoms in total. The predicted molar refractivity (Wildman–Crippen MR) is 76.5 cm³/mol. The van der Waals surface area contributed by atoms with E-state index in [0.717, 1.165) is 23.6 Å². The maximum Gasteiger partial charge on any atom is 0.0280 e. The van der Waals surface area contributed by atoms with Gasteiger partial charge in [0.1, 0.15) is 0 Å². The van der Waals surface area contributed by atoms with Crippen molar-refractivity contribution in [3.05, 3.63) is 0 Å². The van der Waals surface area contributed by atoms with Gasteiger partial charge < -0.3 is 0 Å². The quantitative estimate of drug-likeness (QED) is 0.517. The fraction of sp³-hybridized carbons (Fsp3) is 1.00. The summed E-state index contributed by atoms with van der Waals surface area (Å²) >= 11 is 6.34. The van der Waals surface area contributed by atoms with Gasteiger partial charge in [-0.1, -0.05) is 33.1 Å². The molecule has 2 fully saturated rings. The van der Waals surface area contributed by atoms with Crippen molar-refractivity contribution < 1.29 is 0 Å². The zero-order chi connectivity index (χ0) is 12.3. The van der Waals surface area contributed by atoms with Gasteiger partial charge in [-0.25, -0.2) is 0 Å². The molecule has 100 valence electrons. The van der Waals surface area contributed by atoms with Gasteiger partial charge in [-0.05, 0) is 61.7 Å². The number of hydrogen-bond acceptors (Lipinski definition) is 0. The second-order valence-electron chi connectivity index (χ2n) is 6.73. The first kappa shape index (κ1) is 13.7. The van der Waals surface area contributed by atoms with Crippen molar-refractivity contribution in [2.45, 2.75) is 71.6 Å². The van der Waals surface area contributed by atoms with Crippen molar-refractivity contribution in [3.63, 3.8) is 0 Å². The fourth-order valence-corrected chi connectivity index (χ4v) is 4.81. The van der Waals surface area contributed by atoms with Crippen molar-refractivity contribution in [3.8, 4) is 0 Å². The van der Waals surface area contributed by atoms with Crippen LogP contribution in [0.25, 0.3) is 0 Å². The highest BCUT2D eigenvalue weighted by atomic mass is 35.5. The molecule has 0 aromatic carbocycles. The summed E-state index contributed by atoms with van der Waals surface area (Å²) in [5.74, 6) is 4.05. The van der Waals surface area contributed by atoms with E-state index in [4.69, 9.17) is 11.6 Å². The molecular weight excluding hydrogens is 228 g/mol. The monoisotopic (exact) mass is 256 g/mol. The molecule has 4 atom stereocenters. The minimum absolute atomic E-state index is 0.465. The van der Waals surface area contributed by atoms with E-state index in [1.807, 2.05) is 0 Å². The van der Waals surface area contributed by atoms with Gasteiger partial charge in [0.05, 0.1) is 0 Å². The van der Waals surface area contributed by atoms with Gasteiger partial charge in [0.15, 0.2) is 0 Å². The molecule has 0 aliphatic heterocycles. The Morgan fingerprint density at radius 1 is 1.18 bits per heavy atom. The summed E-state index contributed by atoms with van der Waals surface area (Å²) in [5.41, 5.74) is 0.465. The van der Waals surface area contributed by atoms with Gasteiger partial charge in [0, 0.05) is 5.88 Å². The van der Waals surface area contributed by atoms with E-state index in [9.17, 15) is 0 Å². The number of alkyl halides is 1. The van der Waals surface area contributed by atoms with Crippen LogP contribution < -0.4 is 0 Å². The summed E-state index contributed by atoms with van der Waals surface area (Å²) in [4.78, 5) is 0. The third-order valence-corrected chi connectivity index (χ3v) is 6.24. The van der Waals surface area contributed by atoms with Crippen LogP contribution in [0.2, 0.25) is 0 Å². The highest BCUT2D eigenvalue weighted by Gasteiger charge is 2.42. The Morgan fingerprint density at radius 3 is 2.47 bits per heavy atom. The lowest BCUT2D eigenvalue weighted by molar-refractivity contribution is 0.171. The largest absolute Gasteiger partial charge is 0.126 e. The molecule has 0 heterocycles. The lowest BCUT2D eigenvalue weighted by Gasteiger charge is -2.36. The number of unbranched alkanes of at least 4 members (excludes halogenated alkanes) is 1. The Morgan fingerprint density at radius 2 is 2.00 bits per heavy atom. The molecule has 0 spiro atoms. The van der Waals surface area contributed by atoms with Crippen LogP contribution in [0, 0.1) is 23.2 Å². The van der Waals surface area contributed by atoms with Crippen LogP contribution >= 0.6 is 11.6 Å². The molecule has 17 heavy (non-hydrogen) atoms. The zero-order valence-corrected chi connectivity index (χ0v) is 12.4. The number of halogens is 1. The molecule has 2 saturated carbocycles. The van der Waals surface area contributed by atoms with Crippen molar-refractivity contribution in [1.82, 2.24) is 0 Å². The van der Waals surface area contributed by atoms with Crippen LogP contribution in [-0.2, 0) is 0 Å². The van der Waals surface area contributed by atoms with Gasteiger partial charge in [-0.2, -0.15) is 0 Å². The molecule has 0 saturated heterocycles. The third kappa shape index (κ3) is 3.00. The van der Waals surface area contributed by atoms with E-state index >= 15 is 0 Å². The lowest BCUT2D eigenvalue weighted by Crippen LogP contribution is -2.28. The topological polar surface area (TPSA) is 0 Å². The second kappa shape index (κ2) is 5.95. The lowest BCUT2D eigenvalue weighted by atomic mass is 9.71. The Balaban J connectivity index is 1.92. The minimum Gasteiger partial charge on any atom is -0.126 e. The minimum atomic E-state index is 0.465. The van der Waals surface area contributed by atoms with Crippen LogP contribution in [0.3, 0.4) is 0 Å². The molecular formula is C16H29Cl. The number of hydrogen-bond donors (Lipinski definition) is 0. The molecule has 0 aromatic rings. The van der Waals surface area contributed by atoms with Crippen molar-refractivity contribution in [1.29, 1.82) is 0 Å². The van der Waals surface area contributed by atoms with Crippen LogP contribution in [0.15, 0.2) is 0 Å². The van der Waals surface area contributed by atoms with Gasteiger partial charge in [-0.15, -0.1) is 11.6 Å². The smallest absolute Gasteiger partial charge is 0.0280 e. The van der Waals surface area contributed by atoms with Crippen LogP contribution in [0.1, 0.15) is 71.6 Å². The van der Waals surface area contributed by atoms with Gasteiger partial charge in [-0.3, -0.25) is 0 Å². The van der Waals surface area contributed by atoms with Gasteiger partial charge in [0.2, 0.25) is 0 Å². The average Bonchev–Trinajstić information content (AvgIpc) is 2.96. The van der Waals surface area contributed by atoms with E-state index < -0.39 is 0 Å². The maximum atomic E-state index is 6.34. The summed E-state index contributed by atoms with van der Waals surface area (Å²) in [6.45, 7) is 4.65. The normalized spacial score (nSPS) is 35.1. The summed E-state index contributed by atoms with van der Waals surface area (Å²) in [7, 11) is 0. The molecule has 2 bridgehead atoms. The molecule has 2 aliphatic rings. The molecule has 0 N–H and O–H groups in total. The van der Waals surface area contributed by atoms with E-state index in [-0.39, 0.29) is 0 Å². The Kier molecular flexibility index (Phi) is 4.80. The highest BCUT2D eigenvalue weighted by Crippen LogP contribution is 2.53. The molecule has 0 radical (unpaired) electrons. The van der Waals surface area contributed by atoms with Crippen molar-refractivity contribution in [2.24, 2.45) is 23.2 Å². The number of fused-ring (bicyclic) bond motifs is 2. The highest BCUT2D eigenvalue weighted by molar-refractivity contribution is 6.18. The van der Waals surface area contributed by atoms with Gasteiger partial charge >= 0.3 is 0 Å². The Labute approximate surface area is 113 Å². The SMILES string of the molecule is CCCCC(CC)(CCl)CC1CC2CCC1C2. The maximum absolute atomic E-state index is 6.34. The summed E-state index contributed by atoms with van der Waals surface area (Å²) in [6.07, 6.45) is 12.9. The third-order valence-electron chi connectivity index (χ3n) is 5.67. The molecule has 2 aliphatic carbocycles. The van der Waals surface area contributed by atoms with Crippen LogP contribution in [0.5, 0.6) is 0 Å². The van der Waals surface area contributed by atoms with Crippen LogP contribution in [0.4, 0.5) is 0 Å². The predicted octanol–water partition coefficient (Wildman–Crippen LogP) is 5.64. The second-order valence-corrected chi connectivity index (χ2v) is 7.00. The molecule has 1 heteroatoms. The molecule has 4 unspecified atom stereocenters. The fourth-order valence-electron chi connectivity index (χ4n) is 4.37.